The number of nitrogens with two attached hydrogens (primary N) is 1. The second-order valence-electron chi connectivity index (χ2n) is 4.34. The molecule has 0 spiro atoms. The van der Waals surface area contributed by atoms with Crippen LogP contribution in [0, 0.1) is 11.3 Å². The highest BCUT2D eigenvalue weighted by molar-refractivity contribution is 5.46. The number of hydrogen-bond acceptors (Lipinski definition) is 4. The molecule has 0 aliphatic rings. The van der Waals surface area contributed by atoms with Crippen LogP contribution in [0.25, 0.3) is 0 Å². The van der Waals surface area contributed by atoms with Crippen molar-refractivity contribution in [3.63, 3.8) is 0 Å². The van der Waals surface area contributed by atoms with E-state index >= 15 is 0 Å². The van der Waals surface area contributed by atoms with E-state index in [1.165, 1.54) is 0 Å². The summed E-state index contributed by atoms with van der Waals surface area (Å²) in [6.45, 7) is 1.81. The zero-order valence-electron chi connectivity index (χ0n) is 11.2. The molecule has 0 radical (unpaired) electrons. The molecule has 0 amide bonds. The van der Waals surface area contributed by atoms with Crippen molar-refractivity contribution in [1.82, 2.24) is 0 Å². The van der Waals surface area contributed by atoms with E-state index in [-0.39, 0.29) is 0 Å². The SMILES string of the molecule is N#Cc1cccc(COc2ccc(NCCN)cc2)c1. The maximum atomic E-state index is 8.84. The van der Waals surface area contributed by atoms with Crippen molar-refractivity contribution in [2.24, 2.45) is 5.73 Å². The molecule has 20 heavy (non-hydrogen) atoms. The number of nitriles is 1. The number of hydrogen-bond donors (Lipinski definition) is 2. The Kier molecular flexibility index (Phi) is 4.99. The number of nitrogens with one attached hydrogen (secondary N) is 1. The highest BCUT2D eigenvalue weighted by atomic mass is 16.5. The smallest absolute Gasteiger partial charge is 0.119 e. The summed E-state index contributed by atoms with van der Waals surface area (Å²) in [5.74, 6) is 0.797. The molecule has 0 bridgehead atoms. The van der Waals surface area contributed by atoms with Gasteiger partial charge in [-0.1, -0.05) is 12.1 Å². The Bertz CT molecular complexity index is 587. The Hall–Kier alpha value is -2.51. The van der Waals surface area contributed by atoms with Gasteiger partial charge in [-0.2, -0.15) is 5.26 Å². The van der Waals surface area contributed by atoms with Crippen molar-refractivity contribution in [1.29, 1.82) is 5.26 Å². The molecule has 102 valence electrons. The van der Waals surface area contributed by atoms with Crippen molar-refractivity contribution in [3.05, 3.63) is 59.7 Å². The summed E-state index contributed by atoms with van der Waals surface area (Å²) in [5, 5.41) is 12.0. The van der Waals surface area contributed by atoms with Crippen LogP contribution in [-0.4, -0.2) is 13.1 Å². The fourth-order valence-electron chi connectivity index (χ4n) is 1.78. The van der Waals surface area contributed by atoms with Gasteiger partial charge in [0.2, 0.25) is 0 Å². The molecule has 4 heteroatoms. The number of benzene rings is 2. The monoisotopic (exact) mass is 267 g/mol. The second kappa shape index (κ2) is 7.17. The molecule has 0 saturated heterocycles. The molecule has 2 rings (SSSR count). The minimum absolute atomic E-state index is 0.449. The molecule has 2 aromatic rings. The maximum Gasteiger partial charge on any atom is 0.119 e. The van der Waals surface area contributed by atoms with Gasteiger partial charge in [-0.25, -0.2) is 0 Å². The van der Waals surface area contributed by atoms with Crippen LogP contribution in [0.3, 0.4) is 0 Å². The minimum Gasteiger partial charge on any atom is -0.489 e. The van der Waals surface area contributed by atoms with Crippen molar-refractivity contribution >= 4 is 5.69 Å². The van der Waals surface area contributed by atoms with Gasteiger partial charge in [0.05, 0.1) is 11.6 Å². The van der Waals surface area contributed by atoms with E-state index in [4.69, 9.17) is 15.7 Å². The molecule has 0 aromatic heterocycles. The van der Waals surface area contributed by atoms with Gasteiger partial charge in [-0.15, -0.1) is 0 Å². The summed E-state index contributed by atoms with van der Waals surface area (Å²) >= 11 is 0. The third-order valence-electron chi connectivity index (χ3n) is 2.79. The molecule has 4 nitrogen and oxygen atoms in total. The van der Waals surface area contributed by atoms with Gasteiger partial charge in [0.15, 0.2) is 0 Å². The zero-order chi connectivity index (χ0) is 14.2. The molecule has 0 aliphatic heterocycles. The van der Waals surface area contributed by atoms with Crippen LogP contribution >= 0.6 is 0 Å². The Labute approximate surface area is 118 Å². The molecule has 3 N–H and O–H groups in total. The van der Waals surface area contributed by atoms with Crippen LogP contribution in [0.5, 0.6) is 5.75 Å². The lowest BCUT2D eigenvalue weighted by molar-refractivity contribution is 0.306. The molecule has 0 saturated carbocycles. The lowest BCUT2D eigenvalue weighted by Crippen LogP contribution is -2.12. The van der Waals surface area contributed by atoms with Crippen LogP contribution < -0.4 is 15.8 Å². The van der Waals surface area contributed by atoms with E-state index in [9.17, 15) is 0 Å². The lowest BCUT2D eigenvalue weighted by atomic mass is 10.1. The first-order valence-electron chi connectivity index (χ1n) is 6.47. The molecule has 0 atom stereocenters. The van der Waals surface area contributed by atoms with Crippen LogP contribution in [0.15, 0.2) is 48.5 Å². The van der Waals surface area contributed by atoms with Crippen LogP contribution in [0.1, 0.15) is 11.1 Å². The highest BCUT2D eigenvalue weighted by Gasteiger charge is 1.98. The summed E-state index contributed by atoms with van der Waals surface area (Å²) in [6.07, 6.45) is 0. The zero-order valence-corrected chi connectivity index (χ0v) is 11.2. The molecule has 2 aromatic carbocycles. The van der Waals surface area contributed by atoms with Gasteiger partial charge in [-0.3, -0.25) is 0 Å². The molecular formula is C16H17N3O. The Morgan fingerprint density at radius 2 is 1.95 bits per heavy atom. The Morgan fingerprint density at radius 3 is 2.65 bits per heavy atom. The van der Waals surface area contributed by atoms with Gasteiger partial charge in [-0.05, 0) is 42.0 Å². The van der Waals surface area contributed by atoms with Gasteiger partial charge in [0, 0.05) is 18.8 Å². The van der Waals surface area contributed by atoms with Crippen molar-refractivity contribution < 1.29 is 4.74 Å². The van der Waals surface area contributed by atoms with Crippen molar-refractivity contribution in [2.75, 3.05) is 18.4 Å². The number of anilines is 1. The van der Waals surface area contributed by atoms with Crippen LogP contribution in [0.2, 0.25) is 0 Å². The summed E-state index contributed by atoms with van der Waals surface area (Å²) in [6, 6.07) is 17.3. The predicted octanol–water partition coefficient (Wildman–Crippen LogP) is 2.51. The van der Waals surface area contributed by atoms with E-state index in [1.807, 2.05) is 42.5 Å². The first-order chi connectivity index (χ1) is 9.81. The first kappa shape index (κ1) is 13.9. The molecule has 0 heterocycles. The Morgan fingerprint density at radius 1 is 1.15 bits per heavy atom. The summed E-state index contributed by atoms with van der Waals surface area (Å²) in [4.78, 5) is 0. The fraction of sp³-hybridized carbons (Fsp3) is 0.188. The third kappa shape index (κ3) is 4.01. The highest BCUT2D eigenvalue weighted by Crippen LogP contribution is 2.17. The number of ether oxygens (including phenoxy) is 1. The molecule has 0 unspecified atom stereocenters. The minimum atomic E-state index is 0.449. The maximum absolute atomic E-state index is 8.84. The largest absolute Gasteiger partial charge is 0.489 e. The van der Waals surface area contributed by atoms with E-state index < -0.39 is 0 Å². The van der Waals surface area contributed by atoms with E-state index in [0.29, 0.717) is 18.7 Å². The molecule has 0 fully saturated rings. The van der Waals surface area contributed by atoms with Crippen LogP contribution in [-0.2, 0) is 6.61 Å². The van der Waals surface area contributed by atoms with Crippen LogP contribution in [0.4, 0.5) is 5.69 Å². The van der Waals surface area contributed by atoms with Gasteiger partial charge >= 0.3 is 0 Å². The number of rotatable bonds is 6. The van der Waals surface area contributed by atoms with Crippen molar-refractivity contribution in [2.45, 2.75) is 6.61 Å². The average Bonchev–Trinajstić information content (AvgIpc) is 2.52. The first-order valence-corrected chi connectivity index (χ1v) is 6.47. The van der Waals surface area contributed by atoms with E-state index in [0.717, 1.165) is 23.5 Å². The third-order valence-corrected chi connectivity index (χ3v) is 2.79. The van der Waals surface area contributed by atoms with Gasteiger partial charge < -0.3 is 15.8 Å². The normalized spacial score (nSPS) is 9.80. The summed E-state index contributed by atoms with van der Waals surface area (Å²) in [5.41, 5.74) is 8.08. The van der Waals surface area contributed by atoms with Crippen molar-refractivity contribution in [3.8, 4) is 11.8 Å². The summed E-state index contributed by atoms with van der Waals surface area (Å²) < 4.78 is 5.69. The van der Waals surface area contributed by atoms with E-state index in [1.54, 1.807) is 6.07 Å². The summed E-state index contributed by atoms with van der Waals surface area (Å²) in [7, 11) is 0. The fourth-order valence-corrected chi connectivity index (χ4v) is 1.78. The topological polar surface area (TPSA) is 71.1 Å². The lowest BCUT2D eigenvalue weighted by Gasteiger charge is -2.08. The van der Waals surface area contributed by atoms with Gasteiger partial charge in [0.25, 0.3) is 0 Å². The second-order valence-corrected chi connectivity index (χ2v) is 4.34. The molecular weight excluding hydrogens is 250 g/mol. The average molecular weight is 267 g/mol. The van der Waals surface area contributed by atoms with E-state index in [2.05, 4.69) is 11.4 Å². The predicted molar refractivity (Wildman–Crippen MR) is 79.5 cm³/mol. The standard InChI is InChI=1S/C16H17N3O/c17-8-9-19-15-4-6-16(7-5-15)20-12-14-3-1-2-13(10-14)11-18/h1-7,10,19H,8-9,12,17H2. The van der Waals surface area contributed by atoms with Gasteiger partial charge in [0.1, 0.15) is 12.4 Å². The quantitative estimate of drug-likeness (QED) is 0.843. The number of nitrogens with zero attached hydrogens (tertiary/aromatic N) is 1. The Balaban J connectivity index is 1.92. The molecule has 0 aliphatic carbocycles.